The summed E-state index contributed by atoms with van der Waals surface area (Å²) in [6, 6.07) is 6.47. The fourth-order valence-corrected chi connectivity index (χ4v) is 2.63. The van der Waals surface area contributed by atoms with Crippen LogP contribution in [0.4, 0.5) is 4.39 Å². The van der Waals surface area contributed by atoms with E-state index in [2.05, 4.69) is 27.3 Å². The van der Waals surface area contributed by atoms with Gasteiger partial charge in [0, 0.05) is 23.6 Å². The lowest BCUT2D eigenvalue weighted by molar-refractivity contribution is 0.0910. The molecule has 1 N–H and O–H groups in total. The lowest BCUT2D eigenvalue weighted by Crippen LogP contribution is -2.44. The Bertz CT molecular complexity index is 536. The Morgan fingerprint density at radius 2 is 2.20 bits per heavy atom. The highest BCUT2D eigenvalue weighted by molar-refractivity contribution is 9.10. The van der Waals surface area contributed by atoms with Gasteiger partial charge in [-0.05, 0) is 31.0 Å². The normalized spacial score (nSPS) is 16.6. The Balaban J connectivity index is 1.93. The van der Waals surface area contributed by atoms with Crippen LogP contribution in [0, 0.1) is 17.1 Å². The molecule has 1 aromatic carbocycles. The molecule has 1 aliphatic rings. The Labute approximate surface area is 125 Å². The summed E-state index contributed by atoms with van der Waals surface area (Å²) in [7, 11) is 0. The van der Waals surface area contributed by atoms with E-state index in [0.29, 0.717) is 11.0 Å². The van der Waals surface area contributed by atoms with Gasteiger partial charge in [-0.3, -0.25) is 9.69 Å². The van der Waals surface area contributed by atoms with Crippen molar-refractivity contribution in [3.8, 4) is 6.07 Å². The van der Waals surface area contributed by atoms with E-state index in [1.165, 1.54) is 12.1 Å². The molecule has 0 aromatic heterocycles. The number of benzene rings is 1. The minimum absolute atomic E-state index is 0.0378. The lowest BCUT2D eigenvalue weighted by atomic mass is 10.0. The van der Waals surface area contributed by atoms with Crippen LogP contribution in [-0.4, -0.2) is 36.5 Å². The number of nitrogens with zero attached hydrogens (tertiary/aromatic N) is 2. The van der Waals surface area contributed by atoms with Crippen molar-refractivity contribution in [3.05, 3.63) is 34.1 Å². The number of amides is 1. The molecule has 1 amide bonds. The zero-order valence-electron chi connectivity index (χ0n) is 10.9. The van der Waals surface area contributed by atoms with Gasteiger partial charge >= 0.3 is 0 Å². The zero-order chi connectivity index (χ0) is 14.5. The van der Waals surface area contributed by atoms with Gasteiger partial charge in [0.15, 0.2) is 0 Å². The predicted molar refractivity (Wildman–Crippen MR) is 76.6 cm³/mol. The maximum Gasteiger partial charge on any atom is 0.254 e. The Kier molecular flexibility index (Phi) is 5.10. The molecule has 0 radical (unpaired) electrons. The SMILES string of the molecule is N#CCN1CCC(NC(=O)c2cc(Br)ccc2F)CC1. The molecule has 0 aliphatic carbocycles. The summed E-state index contributed by atoms with van der Waals surface area (Å²) in [5.41, 5.74) is 0.0545. The van der Waals surface area contributed by atoms with Gasteiger partial charge in [0.2, 0.25) is 0 Å². The largest absolute Gasteiger partial charge is 0.349 e. The Hall–Kier alpha value is -1.45. The third kappa shape index (κ3) is 3.78. The standard InChI is InChI=1S/C14H15BrFN3O/c15-10-1-2-13(16)12(9-10)14(20)18-11-3-6-19(7-4-11)8-5-17/h1-2,9,11H,3-4,6-8H2,(H,18,20). The summed E-state index contributed by atoms with van der Waals surface area (Å²) >= 11 is 3.23. The first-order chi connectivity index (χ1) is 9.60. The molecule has 0 spiro atoms. The van der Waals surface area contributed by atoms with Crippen LogP contribution in [0.2, 0.25) is 0 Å². The first-order valence-corrected chi connectivity index (χ1v) is 7.24. The summed E-state index contributed by atoms with van der Waals surface area (Å²) in [6.07, 6.45) is 1.56. The highest BCUT2D eigenvalue weighted by Crippen LogP contribution is 2.17. The molecular formula is C14H15BrFN3O. The average molecular weight is 340 g/mol. The topological polar surface area (TPSA) is 56.1 Å². The first kappa shape index (κ1) is 14.9. The summed E-state index contributed by atoms with van der Waals surface area (Å²) in [6.45, 7) is 1.97. The number of carbonyl (C=O) groups is 1. The third-order valence-electron chi connectivity index (χ3n) is 3.39. The maximum atomic E-state index is 13.6. The summed E-state index contributed by atoms with van der Waals surface area (Å²) in [4.78, 5) is 14.1. The van der Waals surface area contributed by atoms with E-state index >= 15 is 0 Å². The molecule has 1 aliphatic heterocycles. The van der Waals surface area contributed by atoms with Crippen molar-refractivity contribution in [1.82, 2.24) is 10.2 Å². The van der Waals surface area contributed by atoms with Crippen LogP contribution in [0.5, 0.6) is 0 Å². The van der Waals surface area contributed by atoms with Gasteiger partial charge in [0.1, 0.15) is 5.82 Å². The molecule has 1 saturated heterocycles. The van der Waals surface area contributed by atoms with Crippen LogP contribution in [0.1, 0.15) is 23.2 Å². The van der Waals surface area contributed by atoms with Crippen LogP contribution in [0.25, 0.3) is 0 Å². The molecule has 4 nitrogen and oxygen atoms in total. The lowest BCUT2D eigenvalue weighted by Gasteiger charge is -2.30. The van der Waals surface area contributed by atoms with Crippen molar-refractivity contribution in [2.24, 2.45) is 0 Å². The van der Waals surface area contributed by atoms with Crippen molar-refractivity contribution in [2.45, 2.75) is 18.9 Å². The van der Waals surface area contributed by atoms with Crippen molar-refractivity contribution in [3.63, 3.8) is 0 Å². The number of hydrogen-bond donors (Lipinski definition) is 1. The van der Waals surface area contributed by atoms with Crippen LogP contribution in [0.3, 0.4) is 0 Å². The molecule has 0 unspecified atom stereocenters. The predicted octanol–water partition coefficient (Wildman–Crippen LogP) is 2.31. The van der Waals surface area contributed by atoms with Gasteiger partial charge in [-0.25, -0.2) is 4.39 Å². The molecule has 0 saturated carbocycles. The molecule has 1 aromatic rings. The molecule has 106 valence electrons. The third-order valence-corrected chi connectivity index (χ3v) is 3.88. The number of likely N-dealkylation sites (tertiary alicyclic amines) is 1. The Morgan fingerprint density at radius 3 is 2.85 bits per heavy atom. The Morgan fingerprint density at radius 1 is 1.50 bits per heavy atom. The second-order valence-electron chi connectivity index (χ2n) is 4.81. The van der Waals surface area contributed by atoms with E-state index < -0.39 is 5.82 Å². The highest BCUT2D eigenvalue weighted by atomic mass is 79.9. The average Bonchev–Trinajstić information content (AvgIpc) is 2.44. The smallest absolute Gasteiger partial charge is 0.254 e. The number of rotatable bonds is 3. The van der Waals surface area contributed by atoms with Crippen LogP contribution in [0.15, 0.2) is 22.7 Å². The second-order valence-corrected chi connectivity index (χ2v) is 5.72. The number of carbonyl (C=O) groups excluding carboxylic acids is 1. The van der Waals surface area contributed by atoms with Gasteiger partial charge in [-0.15, -0.1) is 0 Å². The van der Waals surface area contributed by atoms with Gasteiger partial charge in [-0.1, -0.05) is 15.9 Å². The quantitative estimate of drug-likeness (QED) is 0.859. The minimum atomic E-state index is -0.521. The molecule has 6 heteroatoms. The van der Waals surface area contributed by atoms with Gasteiger partial charge < -0.3 is 5.32 Å². The summed E-state index contributed by atoms with van der Waals surface area (Å²) in [5.74, 6) is -0.907. The van der Waals surface area contributed by atoms with Gasteiger partial charge in [-0.2, -0.15) is 5.26 Å². The molecular weight excluding hydrogens is 325 g/mol. The number of hydrogen-bond acceptors (Lipinski definition) is 3. The first-order valence-electron chi connectivity index (χ1n) is 6.45. The van der Waals surface area contributed by atoms with Crippen LogP contribution in [-0.2, 0) is 0 Å². The summed E-state index contributed by atoms with van der Waals surface area (Å²) in [5, 5.41) is 11.5. The second kappa shape index (κ2) is 6.82. The van der Waals surface area contributed by atoms with Crippen molar-refractivity contribution < 1.29 is 9.18 Å². The van der Waals surface area contributed by atoms with E-state index in [-0.39, 0.29) is 17.5 Å². The van der Waals surface area contributed by atoms with Gasteiger partial charge in [0.05, 0.1) is 18.2 Å². The van der Waals surface area contributed by atoms with E-state index in [9.17, 15) is 9.18 Å². The van der Waals surface area contributed by atoms with Crippen molar-refractivity contribution >= 4 is 21.8 Å². The fourth-order valence-electron chi connectivity index (χ4n) is 2.27. The highest BCUT2D eigenvalue weighted by Gasteiger charge is 2.22. The number of nitriles is 1. The molecule has 0 bridgehead atoms. The summed E-state index contributed by atoms with van der Waals surface area (Å²) < 4.78 is 14.3. The van der Waals surface area contributed by atoms with E-state index in [1.807, 2.05) is 4.90 Å². The van der Waals surface area contributed by atoms with Crippen LogP contribution < -0.4 is 5.32 Å². The molecule has 0 atom stereocenters. The zero-order valence-corrected chi connectivity index (χ0v) is 12.5. The maximum absolute atomic E-state index is 13.6. The molecule has 1 fully saturated rings. The number of halogens is 2. The monoisotopic (exact) mass is 339 g/mol. The van der Waals surface area contributed by atoms with E-state index in [1.54, 1.807) is 6.07 Å². The van der Waals surface area contributed by atoms with Crippen molar-refractivity contribution in [2.75, 3.05) is 19.6 Å². The molecule has 20 heavy (non-hydrogen) atoms. The molecule has 1 heterocycles. The van der Waals surface area contributed by atoms with Gasteiger partial charge in [0.25, 0.3) is 5.91 Å². The molecule has 2 rings (SSSR count). The minimum Gasteiger partial charge on any atom is -0.349 e. The number of nitrogens with one attached hydrogen (secondary N) is 1. The van der Waals surface area contributed by atoms with E-state index in [0.717, 1.165) is 25.9 Å². The van der Waals surface area contributed by atoms with Crippen LogP contribution >= 0.6 is 15.9 Å². The van der Waals surface area contributed by atoms with E-state index in [4.69, 9.17) is 5.26 Å². The fraction of sp³-hybridized carbons (Fsp3) is 0.429. The number of piperidine rings is 1. The van der Waals surface area contributed by atoms with Crippen molar-refractivity contribution in [1.29, 1.82) is 5.26 Å².